The van der Waals surface area contributed by atoms with Gasteiger partial charge in [0.1, 0.15) is 17.8 Å². The van der Waals surface area contributed by atoms with Gasteiger partial charge in [0.15, 0.2) is 5.82 Å². The highest BCUT2D eigenvalue weighted by molar-refractivity contribution is 7.93. The van der Waals surface area contributed by atoms with Crippen LogP contribution in [0.2, 0.25) is 5.02 Å². The third-order valence-electron chi connectivity index (χ3n) is 5.49. The SMILES string of the molecule is CSONc1ccc2cc(C(=O)NCc3ccc(Cl)cc3)c(=O)n(CC(=O)N3CC(C)(O)C3)c2n1. The molecule has 0 spiro atoms. The van der Waals surface area contributed by atoms with Crippen molar-refractivity contribution in [2.45, 2.75) is 25.6 Å². The summed E-state index contributed by atoms with van der Waals surface area (Å²) in [5, 5.41) is 13.8. The first kappa shape index (κ1) is 25.0. The molecule has 35 heavy (non-hydrogen) atoms. The highest BCUT2D eigenvalue weighted by Gasteiger charge is 2.39. The first-order valence-electron chi connectivity index (χ1n) is 10.7. The number of fused-ring (bicyclic) bond motifs is 1. The second-order valence-corrected chi connectivity index (χ2v) is 9.40. The van der Waals surface area contributed by atoms with Crippen molar-refractivity contribution in [3.05, 3.63) is 69.0 Å². The number of amides is 2. The zero-order valence-electron chi connectivity index (χ0n) is 19.1. The molecule has 0 radical (unpaired) electrons. The van der Waals surface area contributed by atoms with E-state index in [1.54, 1.807) is 49.6 Å². The summed E-state index contributed by atoms with van der Waals surface area (Å²) in [6.45, 7) is 1.84. The lowest BCUT2D eigenvalue weighted by molar-refractivity contribution is -0.152. The average molecular weight is 518 g/mol. The Morgan fingerprint density at radius 3 is 2.60 bits per heavy atom. The number of aromatic nitrogens is 2. The molecule has 3 aromatic rings. The van der Waals surface area contributed by atoms with Crippen LogP contribution in [0.3, 0.4) is 0 Å². The quantitative estimate of drug-likeness (QED) is 0.307. The molecule has 1 aromatic carbocycles. The molecule has 2 amide bonds. The van der Waals surface area contributed by atoms with Gasteiger partial charge in [0, 0.05) is 35.3 Å². The van der Waals surface area contributed by atoms with Crippen molar-refractivity contribution >= 4 is 52.3 Å². The van der Waals surface area contributed by atoms with E-state index < -0.39 is 17.1 Å². The number of rotatable bonds is 8. The van der Waals surface area contributed by atoms with Crippen molar-refractivity contribution in [1.29, 1.82) is 0 Å². The number of nitrogens with zero attached hydrogens (tertiary/aromatic N) is 3. The summed E-state index contributed by atoms with van der Waals surface area (Å²) >= 11 is 6.98. The topological polar surface area (TPSA) is 126 Å². The highest BCUT2D eigenvalue weighted by atomic mass is 35.5. The Morgan fingerprint density at radius 2 is 1.94 bits per heavy atom. The third-order valence-corrected chi connectivity index (χ3v) is 5.99. The van der Waals surface area contributed by atoms with E-state index in [0.29, 0.717) is 16.2 Å². The van der Waals surface area contributed by atoms with E-state index in [9.17, 15) is 19.5 Å². The number of hydrogen-bond acceptors (Lipinski definition) is 8. The molecule has 0 bridgehead atoms. The van der Waals surface area contributed by atoms with E-state index >= 15 is 0 Å². The maximum Gasteiger partial charge on any atom is 0.265 e. The Hall–Kier alpha value is -3.12. The maximum atomic E-state index is 13.4. The minimum absolute atomic E-state index is 0.113. The predicted octanol–water partition coefficient (Wildman–Crippen LogP) is 2.19. The molecule has 1 saturated heterocycles. The Bertz CT molecular complexity index is 1320. The number of halogens is 1. The van der Waals surface area contributed by atoms with E-state index in [0.717, 1.165) is 17.6 Å². The van der Waals surface area contributed by atoms with Crippen LogP contribution in [0.4, 0.5) is 5.82 Å². The van der Waals surface area contributed by atoms with Gasteiger partial charge in [-0.15, -0.1) is 0 Å². The lowest BCUT2D eigenvalue weighted by Crippen LogP contribution is -2.62. The van der Waals surface area contributed by atoms with E-state index in [1.807, 2.05) is 0 Å². The summed E-state index contributed by atoms with van der Waals surface area (Å²) < 4.78 is 6.26. The van der Waals surface area contributed by atoms with Gasteiger partial charge in [0.05, 0.1) is 18.7 Å². The molecule has 0 aliphatic carbocycles. The molecule has 0 saturated carbocycles. The Balaban J connectivity index is 1.66. The molecule has 3 N–H and O–H groups in total. The lowest BCUT2D eigenvalue weighted by Gasteiger charge is -2.44. The van der Waals surface area contributed by atoms with Gasteiger partial charge in [-0.05, 0) is 42.8 Å². The van der Waals surface area contributed by atoms with Crippen LogP contribution in [0.5, 0.6) is 0 Å². The number of nitrogens with one attached hydrogen (secondary N) is 2. The van der Waals surface area contributed by atoms with Crippen molar-refractivity contribution in [3.8, 4) is 0 Å². The molecule has 1 aliphatic heterocycles. The predicted molar refractivity (Wildman–Crippen MR) is 134 cm³/mol. The van der Waals surface area contributed by atoms with Crippen LogP contribution in [0.25, 0.3) is 11.0 Å². The summed E-state index contributed by atoms with van der Waals surface area (Å²) in [5.41, 5.74) is 1.97. The van der Waals surface area contributed by atoms with Crippen LogP contribution in [0.15, 0.2) is 47.3 Å². The largest absolute Gasteiger partial charge is 0.386 e. The van der Waals surface area contributed by atoms with Crippen LogP contribution >= 0.6 is 23.6 Å². The van der Waals surface area contributed by atoms with Crippen molar-refractivity contribution in [3.63, 3.8) is 0 Å². The average Bonchev–Trinajstić information content (AvgIpc) is 2.82. The van der Waals surface area contributed by atoms with E-state index in [4.69, 9.17) is 15.9 Å². The first-order valence-corrected chi connectivity index (χ1v) is 12.2. The number of pyridine rings is 2. The Labute approximate surface area is 210 Å². The van der Waals surface area contributed by atoms with E-state index in [-0.39, 0.29) is 43.3 Å². The van der Waals surface area contributed by atoms with E-state index in [1.165, 1.54) is 15.5 Å². The normalized spacial score (nSPS) is 14.5. The molecule has 1 fully saturated rings. The van der Waals surface area contributed by atoms with Crippen LogP contribution in [0, 0.1) is 0 Å². The standard InChI is InChI=1S/C23H24ClN5O5S/c1-23(33)12-28(13-23)19(30)11-29-20-15(5-8-18(26-20)27-34-35-2)9-17(22(29)32)21(31)25-10-14-3-6-16(24)7-4-14/h3-9,33H,10-13H2,1-2H3,(H,25,31)(H,26,27). The Kier molecular flexibility index (Phi) is 7.31. The second-order valence-electron chi connectivity index (χ2n) is 8.47. The van der Waals surface area contributed by atoms with Gasteiger partial charge >= 0.3 is 0 Å². The number of β-amino-alcohol motifs (C(OH)–C–C–N with tert-alkyl or cyclic N) is 1. The minimum Gasteiger partial charge on any atom is -0.386 e. The lowest BCUT2D eigenvalue weighted by atomic mass is 9.97. The van der Waals surface area contributed by atoms with Gasteiger partial charge < -0.3 is 15.3 Å². The van der Waals surface area contributed by atoms with Gasteiger partial charge in [-0.2, -0.15) is 0 Å². The first-order chi connectivity index (χ1) is 16.7. The molecule has 10 nitrogen and oxygen atoms in total. The Morgan fingerprint density at radius 1 is 1.23 bits per heavy atom. The summed E-state index contributed by atoms with van der Waals surface area (Å²) in [6.07, 6.45) is 1.72. The highest BCUT2D eigenvalue weighted by Crippen LogP contribution is 2.21. The second kappa shape index (κ2) is 10.2. The number of carbonyl (C=O) groups is 2. The van der Waals surface area contributed by atoms with Gasteiger partial charge in [-0.25, -0.2) is 14.7 Å². The van der Waals surface area contributed by atoms with Crippen LogP contribution in [0.1, 0.15) is 22.8 Å². The number of likely N-dealkylation sites (tertiary alicyclic amines) is 1. The van der Waals surface area contributed by atoms with Crippen LogP contribution in [-0.2, 0) is 22.2 Å². The zero-order chi connectivity index (χ0) is 25.2. The number of aliphatic hydroxyl groups is 1. The van der Waals surface area contributed by atoms with Crippen molar-refractivity contribution < 1.29 is 19.0 Å². The van der Waals surface area contributed by atoms with Crippen molar-refractivity contribution in [1.82, 2.24) is 19.8 Å². The van der Waals surface area contributed by atoms with E-state index in [2.05, 4.69) is 15.8 Å². The van der Waals surface area contributed by atoms with Gasteiger partial charge in [-0.3, -0.25) is 19.0 Å². The number of anilines is 1. The number of benzene rings is 1. The monoisotopic (exact) mass is 517 g/mol. The molecule has 2 aromatic heterocycles. The molecule has 12 heteroatoms. The molecule has 0 unspecified atom stereocenters. The molecular formula is C23H24ClN5O5S. The maximum absolute atomic E-state index is 13.4. The van der Waals surface area contributed by atoms with Crippen LogP contribution < -0.4 is 16.4 Å². The van der Waals surface area contributed by atoms with Crippen LogP contribution in [-0.4, -0.2) is 56.3 Å². The molecule has 4 rings (SSSR count). The summed E-state index contributed by atoms with van der Waals surface area (Å²) in [5.74, 6) is -0.605. The fourth-order valence-corrected chi connectivity index (χ4v) is 4.06. The summed E-state index contributed by atoms with van der Waals surface area (Å²) in [6, 6.07) is 11.7. The van der Waals surface area contributed by atoms with Gasteiger partial charge in [0.25, 0.3) is 11.5 Å². The minimum atomic E-state index is -0.948. The molecule has 184 valence electrons. The van der Waals surface area contributed by atoms with Crippen molar-refractivity contribution in [2.75, 3.05) is 24.8 Å². The summed E-state index contributed by atoms with van der Waals surface area (Å²) in [7, 11) is 0. The smallest absolute Gasteiger partial charge is 0.265 e. The van der Waals surface area contributed by atoms with Gasteiger partial charge in [0.2, 0.25) is 5.91 Å². The van der Waals surface area contributed by atoms with Gasteiger partial charge in [-0.1, -0.05) is 23.7 Å². The fraction of sp³-hybridized carbons (Fsp3) is 0.304. The third kappa shape index (κ3) is 5.76. The fourth-order valence-electron chi connectivity index (χ4n) is 3.76. The molecule has 0 atom stereocenters. The van der Waals surface area contributed by atoms with Crippen molar-refractivity contribution in [2.24, 2.45) is 0 Å². The zero-order valence-corrected chi connectivity index (χ0v) is 20.7. The molecule has 3 heterocycles. The number of hydrogen-bond donors (Lipinski definition) is 3. The molecular weight excluding hydrogens is 494 g/mol. The summed E-state index contributed by atoms with van der Waals surface area (Å²) in [4.78, 5) is 45.0. The number of carbonyl (C=O) groups excluding carboxylic acids is 2. The molecule has 1 aliphatic rings.